The van der Waals surface area contributed by atoms with Gasteiger partial charge >= 0.3 is 6.03 Å². The van der Waals surface area contributed by atoms with Crippen molar-refractivity contribution in [3.8, 4) is 11.1 Å². The number of benzene rings is 2. The van der Waals surface area contributed by atoms with Gasteiger partial charge in [-0.2, -0.15) is 0 Å². The normalized spacial score (nSPS) is 18.7. The number of carbonyl (C=O) groups is 3. The highest BCUT2D eigenvalue weighted by atomic mass is 16.2. The molecule has 1 saturated heterocycles. The molecule has 1 saturated carbocycles. The highest BCUT2D eigenvalue weighted by Gasteiger charge is 2.52. The number of nitrogens with one attached hydrogen (secondary N) is 2. The molecule has 2 aliphatic carbocycles. The van der Waals surface area contributed by atoms with Gasteiger partial charge in [0.05, 0.1) is 0 Å². The van der Waals surface area contributed by atoms with Crippen molar-refractivity contribution in [2.75, 3.05) is 11.9 Å². The van der Waals surface area contributed by atoms with Crippen molar-refractivity contribution >= 4 is 23.5 Å². The van der Waals surface area contributed by atoms with E-state index in [2.05, 4.69) is 22.8 Å². The topological polar surface area (TPSA) is 78.5 Å². The molecule has 1 aliphatic heterocycles. The Balaban J connectivity index is 1.24. The van der Waals surface area contributed by atoms with Crippen molar-refractivity contribution in [3.05, 3.63) is 53.6 Å². The summed E-state index contributed by atoms with van der Waals surface area (Å²) in [5.41, 5.74) is 4.92. The molecular weight excluding hydrogens is 366 g/mol. The molecule has 6 heteroatoms. The molecular formula is C23H23N3O3. The monoisotopic (exact) mass is 389 g/mol. The fraction of sp³-hybridized carbons (Fsp3) is 0.348. The lowest BCUT2D eigenvalue weighted by atomic mass is 9.98. The molecule has 1 heterocycles. The maximum atomic E-state index is 12.7. The van der Waals surface area contributed by atoms with Crippen molar-refractivity contribution < 1.29 is 14.4 Å². The maximum absolute atomic E-state index is 12.7. The zero-order chi connectivity index (χ0) is 20.0. The number of hydrogen-bond acceptors (Lipinski definition) is 3. The van der Waals surface area contributed by atoms with Crippen LogP contribution in [-0.2, 0) is 16.0 Å². The predicted molar refractivity (Wildman–Crippen MR) is 109 cm³/mol. The Morgan fingerprint density at radius 2 is 1.79 bits per heavy atom. The SMILES string of the molecule is O=C(CCN1C(=O)NC2(CCCC2)C1=O)Nc1ccc2c(c1)-c1ccccc1C2. The first kappa shape index (κ1) is 17.9. The number of rotatable bonds is 4. The third-order valence-corrected chi connectivity index (χ3v) is 6.35. The molecule has 0 atom stereocenters. The maximum Gasteiger partial charge on any atom is 0.325 e. The van der Waals surface area contributed by atoms with Crippen LogP contribution in [0.15, 0.2) is 42.5 Å². The van der Waals surface area contributed by atoms with Crippen LogP contribution in [0.1, 0.15) is 43.2 Å². The number of hydrogen-bond donors (Lipinski definition) is 2. The van der Waals surface area contributed by atoms with Crippen LogP contribution in [0.25, 0.3) is 11.1 Å². The van der Waals surface area contributed by atoms with E-state index in [1.54, 1.807) is 0 Å². The molecule has 3 aliphatic rings. The van der Waals surface area contributed by atoms with Crippen LogP contribution in [0.5, 0.6) is 0 Å². The van der Waals surface area contributed by atoms with Gasteiger partial charge in [-0.3, -0.25) is 14.5 Å². The van der Waals surface area contributed by atoms with Gasteiger partial charge in [-0.1, -0.05) is 43.2 Å². The Labute approximate surface area is 169 Å². The molecule has 29 heavy (non-hydrogen) atoms. The number of anilines is 1. The lowest BCUT2D eigenvalue weighted by Crippen LogP contribution is -2.44. The second-order valence-electron chi connectivity index (χ2n) is 8.18. The van der Waals surface area contributed by atoms with Crippen LogP contribution in [0.3, 0.4) is 0 Å². The van der Waals surface area contributed by atoms with Crippen molar-refractivity contribution in [3.63, 3.8) is 0 Å². The van der Waals surface area contributed by atoms with Gasteiger partial charge in [0.15, 0.2) is 0 Å². The minimum atomic E-state index is -0.721. The summed E-state index contributed by atoms with van der Waals surface area (Å²) in [7, 11) is 0. The van der Waals surface area contributed by atoms with Gasteiger partial charge in [-0.15, -0.1) is 0 Å². The van der Waals surface area contributed by atoms with Gasteiger partial charge in [0, 0.05) is 18.7 Å². The summed E-state index contributed by atoms with van der Waals surface area (Å²) in [5.74, 6) is -0.383. The van der Waals surface area contributed by atoms with Crippen LogP contribution >= 0.6 is 0 Å². The van der Waals surface area contributed by atoms with Crippen molar-refractivity contribution in [1.29, 1.82) is 0 Å². The van der Waals surface area contributed by atoms with E-state index in [0.717, 1.165) is 30.5 Å². The van der Waals surface area contributed by atoms with Crippen LogP contribution in [0.2, 0.25) is 0 Å². The number of nitrogens with zero attached hydrogens (tertiary/aromatic N) is 1. The highest BCUT2D eigenvalue weighted by molar-refractivity contribution is 6.07. The average molecular weight is 389 g/mol. The second-order valence-corrected chi connectivity index (χ2v) is 8.18. The minimum absolute atomic E-state index is 0.0862. The van der Waals surface area contributed by atoms with Gasteiger partial charge in [0.2, 0.25) is 5.91 Å². The van der Waals surface area contributed by atoms with Gasteiger partial charge in [-0.05, 0) is 53.6 Å². The summed E-state index contributed by atoms with van der Waals surface area (Å²) in [4.78, 5) is 38.5. The number of imide groups is 1. The summed E-state index contributed by atoms with van der Waals surface area (Å²) in [6.07, 6.45) is 4.27. The molecule has 0 unspecified atom stereocenters. The number of urea groups is 1. The third-order valence-electron chi connectivity index (χ3n) is 6.35. The summed E-state index contributed by atoms with van der Waals surface area (Å²) in [6, 6.07) is 13.9. The Morgan fingerprint density at radius 1 is 1.03 bits per heavy atom. The van der Waals surface area contributed by atoms with E-state index in [1.807, 2.05) is 30.3 Å². The molecule has 0 radical (unpaired) electrons. The summed E-state index contributed by atoms with van der Waals surface area (Å²) >= 11 is 0. The number of carbonyl (C=O) groups excluding carboxylic acids is 3. The van der Waals surface area contributed by atoms with Crippen LogP contribution in [-0.4, -0.2) is 34.8 Å². The smallest absolute Gasteiger partial charge is 0.325 e. The van der Waals surface area contributed by atoms with Crippen molar-refractivity contribution in [1.82, 2.24) is 10.2 Å². The average Bonchev–Trinajstić information content (AvgIpc) is 3.38. The van der Waals surface area contributed by atoms with Gasteiger partial charge in [-0.25, -0.2) is 4.79 Å². The Hall–Kier alpha value is -3.15. The lowest BCUT2D eigenvalue weighted by Gasteiger charge is -2.19. The predicted octanol–water partition coefficient (Wildman–Crippen LogP) is 3.45. The quantitative estimate of drug-likeness (QED) is 0.671. The standard InChI is InChI=1S/C23H23N3O3/c27-20(9-12-26-21(28)23(25-22(26)29)10-3-4-11-23)24-17-8-7-16-13-15-5-1-2-6-18(15)19(16)14-17/h1-2,5-8,14H,3-4,9-13H2,(H,24,27)(H,25,29). The van der Waals surface area contributed by atoms with Gasteiger partial charge in [0.25, 0.3) is 5.91 Å². The van der Waals surface area contributed by atoms with E-state index in [9.17, 15) is 14.4 Å². The van der Waals surface area contributed by atoms with Crippen molar-refractivity contribution in [2.24, 2.45) is 0 Å². The van der Waals surface area contributed by atoms with E-state index in [4.69, 9.17) is 0 Å². The molecule has 2 aromatic carbocycles. The third kappa shape index (κ3) is 2.99. The minimum Gasteiger partial charge on any atom is -0.326 e. The molecule has 2 fully saturated rings. The fourth-order valence-corrected chi connectivity index (χ4v) is 4.84. The Kier molecular flexibility index (Phi) is 4.15. The van der Waals surface area contributed by atoms with E-state index in [-0.39, 0.29) is 30.8 Å². The molecule has 0 aromatic heterocycles. The van der Waals surface area contributed by atoms with Gasteiger partial charge < -0.3 is 10.6 Å². The first-order valence-electron chi connectivity index (χ1n) is 10.2. The van der Waals surface area contributed by atoms with Gasteiger partial charge in [0.1, 0.15) is 5.54 Å². The molecule has 1 spiro atoms. The highest BCUT2D eigenvalue weighted by Crippen LogP contribution is 2.38. The first-order chi connectivity index (χ1) is 14.1. The first-order valence-corrected chi connectivity index (χ1v) is 10.2. The molecule has 0 bridgehead atoms. The number of fused-ring (bicyclic) bond motifs is 3. The lowest BCUT2D eigenvalue weighted by molar-refractivity contribution is -0.131. The van der Waals surface area contributed by atoms with Crippen molar-refractivity contribution in [2.45, 2.75) is 44.1 Å². The molecule has 4 amide bonds. The van der Waals surface area contributed by atoms with E-state index in [1.165, 1.54) is 21.6 Å². The zero-order valence-electron chi connectivity index (χ0n) is 16.2. The number of amides is 4. The van der Waals surface area contributed by atoms with E-state index < -0.39 is 5.54 Å². The summed E-state index contributed by atoms with van der Waals surface area (Å²) < 4.78 is 0. The summed E-state index contributed by atoms with van der Waals surface area (Å²) in [6.45, 7) is 0.103. The Morgan fingerprint density at radius 3 is 2.62 bits per heavy atom. The molecule has 2 N–H and O–H groups in total. The largest absolute Gasteiger partial charge is 0.326 e. The molecule has 6 nitrogen and oxygen atoms in total. The van der Waals surface area contributed by atoms with Crippen LogP contribution in [0, 0.1) is 0 Å². The van der Waals surface area contributed by atoms with E-state index in [0.29, 0.717) is 12.8 Å². The molecule has 5 rings (SSSR count). The molecule has 148 valence electrons. The van der Waals surface area contributed by atoms with Crippen LogP contribution < -0.4 is 10.6 Å². The Bertz CT molecular complexity index is 1020. The van der Waals surface area contributed by atoms with Crippen LogP contribution in [0.4, 0.5) is 10.5 Å². The second kappa shape index (κ2) is 6.72. The zero-order valence-corrected chi connectivity index (χ0v) is 16.2. The summed E-state index contributed by atoms with van der Waals surface area (Å²) in [5, 5.41) is 5.75. The fourth-order valence-electron chi connectivity index (χ4n) is 4.84. The molecule has 2 aromatic rings. The van der Waals surface area contributed by atoms with E-state index >= 15 is 0 Å².